The quantitative estimate of drug-likeness (QED) is 0.519. The summed E-state index contributed by atoms with van der Waals surface area (Å²) in [5.41, 5.74) is 2.53. The molecule has 0 radical (unpaired) electrons. The van der Waals surface area contributed by atoms with Crippen molar-refractivity contribution in [2.45, 2.75) is 46.1 Å². The monoisotopic (exact) mass is 438 g/mol. The van der Waals surface area contributed by atoms with Crippen LogP contribution in [0.5, 0.6) is 0 Å². The van der Waals surface area contributed by atoms with E-state index in [0.29, 0.717) is 27.7 Å². The van der Waals surface area contributed by atoms with Crippen molar-refractivity contribution in [3.8, 4) is 0 Å². The molecule has 2 amide bonds. The molecular formula is C24H27ClN4O2. The van der Waals surface area contributed by atoms with Crippen molar-refractivity contribution in [3.63, 3.8) is 0 Å². The predicted molar refractivity (Wildman–Crippen MR) is 125 cm³/mol. The van der Waals surface area contributed by atoms with Gasteiger partial charge in [-0.1, -0.05) is 37.6 Å². The fourth-order valence-electron chi connectivity index (χ4n) is 3.14. The zero-order valence-corrected chi connectivity index (χ0v) is 19.1. The molecule has 0 saturated carbocycles. The van der Waals surface area contributed by atoms with Crippen LogP contribution in [0.25, 0.3) is 0 Å². The van der Waals surface area contributed by atoms with Crippen LogP contribution in [-0.2, 0) is 5.54 Å². The lowest BCUT2D eigenvalue weighted by Gasteiger charge is -2.23. The number of amides is 2. The van der Waals surface area contributed by atoms with Crippen molar-refractivity contribution < 1.29 is 9.59 Å². The van der Waals surface area contributed by atoms with Gasteiger partial charge in [0, 0.05) is 16.3 Å². The number of hydrogen-bond acceptors (Lipinski definition) is 3. The Bertz CT molecular complexity index is 1100. The summed E-state index contributed by atoms with van der Waals surface area (Å²) in [6.07, 6.45) is 0. The minimum Gasteiger partial charge on any atom is -0.320 e. The first-order chi connectivity index (χ1) is 14.6. The Morgan fingerprint density at radius 2 is 1.48 bits per heavy atom. The molecule has 31 heavy (non-hydrogen) atoms. The van der Waals surface area contributed by atoms with Gasteiger partial charge in [-0.2, -0.15) is 5.10 Å². The lowest BCUT2D eigenvalue weighted by Crippen LogP contribution is -2.26. The van der Waals surface area contributed by atoms with Crippen molar-refractivity contribution in [3.05, 3.63) is 76.6 Å². The lowest BCUT2D eigenvalue weighted by atomic mass is 10.1. The van der Waals surface area contributed by atoms with Crippen LogP contribution in [0.2, 0.25) is 5.02 Å². The first-order valence-corrected chi connectivity index (χ1v) is 10.5. The molecule has 1 aromatic heterocycles. The molecule has 3 rings (SSSR count). The molecule has 6 nitrogen and oxygen atoms in total. The third-order valence-corrected chi connectivity index (χ3v) is 4.98. The van der Waals surface area contributed by atoms with Crippen molar-refractivity contribution in [1.29, 1.82) is 0 Å². The lowest BCUT2D eigenvalue weighted by molar-refractivity contribution is 0.101. The van der Waals surface area contributed by atoms with Crippen LogP contribution < -0.4 is 10.6 Å². The second kappa shape index (κ2) is 8.94. The van der Waals surface area contributed by atoms with E-state index >= 15 is 0 Å². The normalized spacial score (nSPS) is 11.5. The molecule has 0 aliphatic carbocycles. The third-order valence-electron chi connectivity index (χ3n) is 4.73. The molecule has 0 atom stereocenters. The molecule has 0 spiro atoms. The van der Waals surface area contributed by atoms with E-state index in [-0.39, 0.29) is 23.3 Å². The zero-order chi connectivity index (χ0) is 22.8. The van der Waals surface area contributed by atoms with Crippen molar-refractivity contribution in [2.24, 2.45) is 0 Å². The van der Waals surface area contributed by atoms with Crippen LogP contribution in [0.3, 0.4) is 0 Å². The van der Waals surface area contributed by atoms with Crippen molar-refractivity contribution in [1.82, 2.24) is 9.78 Å². The van der Waals surface area contributed by atoms with E-state index in [1.54, 1.807) is 48.5 Å². The maximum Gasteiger partial charge on any atom is 0.276 e. The fraction of sp³-hybridized carbons (Fsp3) is 0.292. The summed E-state index contributed by atoms with van der Waals surface area (Å²) in [5, 5.41) is 10.8. The Morgan fingerprint density at radius 3 is 1.97 bits per heavy atom. The van der Waals surface area contributed by atoms with Crippen LogP contribution in [0.4, 0.5) is 11.4 Å². The summed E-state index contributed by atoms with van der Waals surface area (Å²) in [6.45, 7) is 10.3. The maximum absolute atomic E-state index is 13.0. The number of rotatable bonds is 5. The number of nitrogens with zero attached hydrogens (tertiary/aromatic N) is 2. The van der Waals surface area contributed by atoms with E-state index in [2.05, 4.69) is 50.4 Å². The number of carbonyl (C=O) groups excluding carboxylic acids is 2. The van der Waals surface area contributed by atoms with Gasteiger partial charge in [0.15, 0.2) is 5.69 Å². The smallest absolute Gasteiger partial charge is 0.276 e. The molecule has 2 aromatic carbocycles. The molecule has 0 saturated heterocycles. The Kier molecular flexibility index (Phi) is 6.51. The molecule has 7 heteroatoms. The zero-order valence-electron chi connectivity index (χ0n) is 18.4. The van der Waals surface area contributed by atoms with Gasteiger partial charge in [0.1, 0.15) is 0 Å². The highest BCUT2D eigenvalue weighted by Crippen LogP contribution is 2.26. The summed E-state index contributed by atoms with van der Waals surface area (Å²) >= 11 is 5.89. The van der Waals surface area contributed by atoms with Gasteiger partial charge >= 0.3 is 0 Å². The molecule has 0 aliphatic rings. The van der Waals surface area contributed by atoms with E-state index in [1.165, 1.54) is 0 Å². The number of carbonyl (C=O) groups is 2. The van der Waals surface area contributed by atoms with E-state index in [0.717, 1.165) is 5.69 Å². The van der Waals surface area contributed by atoms with Gasteiger partial charge in [-0.25, -0.2) is 0 Å². The van der Waals surface area contributed by atoms with Crippen LogP contribution in [0.1, 0.15) is 67.1 Å². The molecule has 1 heterocycles. The summed E-state index contributed by atoms with van der Waals surface area (Å²) < 4.78 is 1.89. The highest BCUT2D eigenvalue weighted by Gasteiger charge is 2.24. The van der Waals surface area contributed by atoms with E-state index in [1.807, 2.05) is 10.7 Å². The van der Waals surface area contributed by atoms with Gasteiger partial charge in [-0.3, -0.25) is 14.3 Å². The molecule has 0 unspecified atom stereocenters. The Hall–Kier alpha value is -3.12. The highest BCUT2D eigenvalue weighted by molar-refractivity contribution is 6.30. The molecular weight excluding hydrogens is 412 g/mol. The number of anilines is 2. The van der Waals surface area contributed by atoms with Gasteiger partial charge < -0.3 is 10.6 Å². The second-order valence-corrected chi connectivity index (χ2v) is 9.09. The van der Waals surface area contributed by atoms with Crippen LogP contribution in [-0.4, -0.2) is 21.6 Å². The number of para-hydroxylation sites is 2. The van der Waals surface area contributed by atoms with Gasteiger partial charge in [0.2, 0.25) is 0 Å². The summed E-state index contributed by atoms with van der Waals surface area (Å²) in [5.74, 6) is -0.408. The molecule has 0 aliphatic heterocycles. The first-order valence-electron chi connectivity index (χ1n) is 10.1. The molecule has 0 bridgehead atoms. The van der Waals surface area contributed by atoms with E-state index in [9.17, 15) is 9.59 Å². The summed E-state index contributed by atoms with van der Waals surface area (Å²) in [6, 6.07) is 15.5. The second-order valence-electron chi connectivity index (χ2n) is 8.65. The Labute approximate surface area is 187 Å². The minimum atomic E-state index is -0.335. The molecule has 2 N–H and O–H groups in total. The Morgan fingerprint density at radius 1 is 0.935 bits per heavy atom. The van der Waals surface area contributed by atoms with E-state index in [4.69, 9.17) is 11.6 Å². The average molecular weight is 439 g/mol. The average Bonchev–Trinajstić information content (AvgIpc) is 3.16. The van der Waals surface area contributed by atoms with Crippen molar-refractivity contribution >= 4 is 34.8 Å². The van der Waals surface area contributed by atoms with Crippen molar-refractivity contribution in [2.75, 3.05) is 10.6 Å². The fourth-order valence-corrected chi connectivity index (χ4v) is 3.26. The number of aromatic nitrogens is 2. The van der Waals surface area contributed by atoms with Gasteiger partial charge in [-0.05, 0) is 69.2 Å². The maximum atomic E-state index is 13.0. The number of nitrogens with one attached hydrogen (secondary N) is 2. The molecule has 162 valence electrons. The summed E-state index contributed by atoms with van der Waals surface area (Å²) in [7, 11) is 0. The standard InChI is InChI=1S/C24H27ClN4O2/c1-15(2)21-14-20(28-29(21)24(3,4)5)23(31)27-19-9-7-6-8-18(19)26-22(30)16-10-12-17(25)13-11-16/h6-15H,1-5H3,(H,26,30)(H,27,31). The van der Waals surface area contributed by atoms with Gasteiger partial charge in [-0.15, -0.1) is 0 Å². The predicted octanol–water partition coefficient (Wildman–Crippen LogP) is 5.92. The van der Waals surface area contributed by atoms with Gasteiger partial charge in [0.05, 0.1) is 16.9 Å². The topological polar surface area (TPSA) is 76.0 Å². The van der Waals surface area contributed by atoms with Crippen LogP contribution in [0.15, 0.2) is 54.6 Å². The molecule has 3 aromatic rings. The number of hydrogen-bond donors (Lipinski definition) is 2. The third kappa shape index (κ3) is 5.33. The Balaban J connectivity index is 1.83. The largest absolute Gasteiger partial charge is 0.320 e. The summed E-state index contributed by atoms with van der Waals surface area (Å²) in [4.78, 5) is 25.5. The van der Waals surface area contributed by atoms with Gasteiger partial charge in [0.25, 0.3) is 11.8 Å². The van der Waals surface area contributed by atoms with Crippen LogP contribution in [0, 0.1) is 0 Å². The molecule has 0 fully saturated rings. The highest BCUT2D eigenvalue weighted by atomic mass is 35.5. The van der Waals surface area contributed by atoms with E-state index < -0.39 is 0 Å². The SMILES string of the molecule is CC(C)c1cc(C(=O)Nc2ccccc2NC(=O)c2ccc(Cl)cc2)nn1C(C)(C)C. The first kappa shape index (κ1) is 22.6. The van der Waals surface area contributed by atoms with Crippen LogP contribution >= 0.6 is 11.6 Å². The minimum absolute atomic E-state index is 0.222. The number of benzene rings is 2. The number of halogens is 1.